The summed E-state index contributed by atoms with van der Waals surface area (Å²) in [6, 6.07) is 13.5. The molecule has 0 aliphatic heterocycles. The average Bonchev–Trinajstić information content (AvgIpc) is 2.91. The second-order valence-corrected chi connectivity index (χ2v) is 17.0. The van der Waals surface area contributed by atoms with Crippen LogP contribution >= 0.6 is 0 Å². The van der Waals surface area contributed by atoms with Gasteiger partial charge in [-0.05, 0) is 75.2 Å². The zero-order valence-electron chi connectivity index (χ0n) is 25.7. The molecule has 0 aromatic heterocycles. The van der Waals surface area contributed by atoms with Crippen LogP contribution in [-0.4, -0.2) is 32.2 Å². The minimum absolute atomic E-state index is 0.291. The molecule has 0 spiro atoms. The van der Waals surface area contributed by atoms with Gasteiger partial charge in [-0.1, -0.05) is 91.1 Å². The smallest absolute Gasteiger partial charge is 0.200 e. The van der Waals surface area contributed by atoms with Crippen LogP contribution < -0.4 is 4.74 Å². The Morgan fingerprint density at radius 1 is 0.875 bits per heavy atom. The Bertz CT molecular complexity index is 1110. The maximum Gasteiger partial charge on any atom is 0.200 e. The van der Waals surface area contributed by atoms with E-state index < -0.39 is 20.5 Å². The highest BCUT2D eigenvalue weighted by atomic mass is 28.4. The maximum atomic E-state index is 11.4. The molecule has 0 saturated carbocycles. The number of aliphatic hydroxyl groups excluding tert-OH is 2. The molecular formula is C34H50O5Si. The van der Waals surface area contributed by atoms with Crippen LogP contribution in [0.3, 0.4) is 0 Å². The van der Waals surface area contributed by atoms with Gasteiger partial charge in [0.15, 0.2) is 0 Å². The third-order valence-corrected chi connectivity index (χ3v) is 13.8. The molecule has 0 aliphatic carbocycles. The summed E-state index contributed by atoms with van der Waals surface area (Å²) in [6.07, 6.45) is 1.56. The van der Waals surface area contributed by atoms with Crippen molar-refractivity contribution in [2.45, 2.75) is 90.5 Å². The molecule has 0 amide bonds. The number of hydrogen-bond acceptors (Lipinski definition) is 5. The minimum atomic E-state index is -2.06. The van der Waals surface area contributed by atoms with Gasteiger partial charge in [0.2, 0.25) is 8.32 Å². The van der Waals surface area contributed by atoms with E-state index in [1.54, 1.807) is 26.2 Å². The molecule has 2 unspecified atom stereocenters. The number of benzene rings is 2. The van der Waals surface area contributed by atoms with E-state index >= 15 is 0 Å². The molecular weight excluding hydrogens is 516 g/mol. The molecule has 2 N–H and O–H groups in total. The van der Waals surface area contributed by atoms with Crippen molar-refractivity contribution in [3.8, 4) is 5.75 Å². The highest BCUT2D eigenvalue weighted by Crippen LogP contribution is 2.43. The molecule has 0 radical (unpaired) electrons. The van der Waals surface area contributed by atoms with Gasteiger partial charge in [-0.2, -0.15) is 0 Å². The maximum absolute atomic E-state index is 11.4. The van der Waals surface area contributed by atoms with Gasteiger partial charge in [-0.3, -0.25) is 0 Å². The van der Waals surface area contributed by atoms with E-state index in [4.69, 9.17) is 13.9 Å². The SMILES string of the molecule is C=C/C(=C/C(O)c1cc(CO[Si](C(C)C)(C(C)C)C(C)C)ccc1C(O)C(=C)C)COCc1ccc(OC)cc1. The summed E-state index contributed by atoms with van der Waals surface area (Å²) in [6.45, 7) is 24.4. The van der Waals surface area contributed by atoms with Crippen molar-refractivity contribution < 1.29 is 24.1 Å². The lowest BCUT2D eigenvalue weighted by Crippen LogP contribution is -2.47. The molecule has 0 fully saturated rings. The van der Waals surface area contributed by atoms with Gasteiger partial charge >= 0.3 is 0 Å². The van der Waals surface area contributed by atoms with Gasteiger partial charge in [0, 0.05) is 0 Å². The van der Waals surface area contributed by atoms with Crippen molar-refractivity contribution in [3.63, 3.8) is 0 Å². The summed E-state index contributed by atoms with van der Waals surface area (Å²) < 4.78 is 17.9. The van der Waals surface area contributed by atoms with Gasteiger partial charge in [0.25, 0.3) is 0 Å². The molecule has 0 heterocycles. The molecule has 40 heavy (non-hydrogen) atoms. The number of methoxy groups -OCH3 is 1. The van der Waals surface area contributed by atoms with Crippen LogP contribution in [0, 0.1) is 0 Å². The lowest BCUT2D eigenvalue weighted by atomic mass is 9.92. The third-order valence-electron chi connectivity index (χ3n) is 7.76. The third kappa shape index (κ3) is 8.51. The molecule has 220 valence electrons. The van der Waals surface area contributed by atoms with E-state index in [1.165, 1.54) is 0 Å². The van der Waals surface area contributed by atoms with Gasteiger partial charge in [-0.25, -0.2) is 0 Å². The summed E-state index contributed by atoms with van der Waals surface area (Å²) in [5.41, 5.74) is 6.01. The second kappa shape index (κ2) is 15.5. The van der Waals surface area contributed by atoms with Crippen LogP contribution in [0.5, 0.6) is 5.75 Å². The zero-order valence-corrected chi connectivity index (χ0v) is 26.7. The molecule has 6 heteroatoms. The van der Waals surface area contributed by atoms with Crippen LogP contribution in [0.2, 0.25) is 16.6 Å². The van der Waals surface area contributed by atoms with E-state index in [2.05, 4.69) is 54.7 Å². The fourth-order valence-electron chi connectivity index (χ4n) is 5.67. The predicted octanol–water partition coefficient (Wildman–Crippen LogP) is 8.36. The number of aliphatic hydroxyl groups is 2. The summed E-state index contributed by atoms with van der Waals surface area (Å²) >= 11 is 0. The Balaban J connectivity index is 2.30. The van der Waals surface area contributed by atoms with Gasteiger partial charge < -0.3 is 24.1 Å². The normalized spacial score (nSPS) is 14.1. The standard InChI is InChI=1S/C34H50O5Si/c1-11-27(20-38-21-28-12-15-30(37-10)16-13-28)19-33(35)32-18-29(14-17-31(32)34(36)23(2)3)22-39-40(24(4)5,25(6)7)26(8)9/h11-19,24-26,33-36H,1-2,20-22H2,3-10H3/b27-19-. The van der Waals surface area contributed by atoms with Crippen LogP contribution in [-0.2, 0) is 22.4 Å². The van der Waals surface area contributed by atoms with Crippen molar-refractivity contribution in [2.24, 2.45) is 0 Å². The molecule has 2 atom stereocenters. The Kier molecular flexibility index (Phi) is 13.1. The Morgan fingerprint density at radius 3 is 1.95 bits per heavy atom. The summed E-state index contributed by atoms with van der Waals surface area (Å²) in [5, 5.41) is 22.2. The van der Waals surface area contributed by atoms with Crippen LogP contribution in [0.1, 0.15) is 82.9 Å². The van der Waals surface area contributed by atoms with E-state index in [-0.39, 0.29) is 0 Å². The van der Waals surface area contributed by atoms with Gasteiger partial charge in [0.1, 0.15) is 5.75 Å². The number of hydrogen-bond donors (Lipinski definition) is 2. The lowest BCUT2D eigenvalue weighted by Gasteiger charge is -2.42. The number of rotatable bonds is 16. The lowest BCUT2D eigenvalue weighted by molar-refractivity contribution is 0.142. The van der Waals surface area contributed by atoms with Crippen LogP contribution in [0.15, 0.2) is 78.9 Å². The molecule has 5 nitrogen and oxygen atoms in total. The van der Waals surface area contributed by atoms with E-state index in [1.807, 2.05) is 42.5 Å². The largest absolute Gasteiger partial charge is 0.497 e. The fourth-order valence-corrected chi connectivity index (χ4v) is 11.1. The van der Waals surface area contributed by atoms with E-state index in [0.717, 1.165) is 22.4 Å². The van der Waals surface area contributed by atoms with Crippen molar-refractivity contribution in [3.05, 3.63) is 101 Å². The highest BCUT2D eigenvalue weighted by molar-refractivity contribution is 6.77. The van der Waals surface area contributed by atoms with Gasteiger partial charge in [-0.15, -0.1) is 0 Å². The minimum Gasteiger partial charge on any atom is -0.497 e. The van der Waals surface area contributed by atoms with Gasteiger partial charge in [0.05, 0.1) is 39.1 Å². The first-order valence-corrected chi connectivity index (χ1v) is 16.3. The summed E-state index contributed by atoms with van der Waals surface area (Å²) in [4.78, 5) is 0. The Morgan fingerprint density at radius 2 is 1.45 bits per heavy atom. The topological polar surface area (TPSA) is 68.2 Å². The molecule has 0 aliphatic rings. The number of ether oxygens (including phenoxy) is 2. The molecule has 0 bridgehead atoms. The van der Waals surface area contributed by atoms with Crippen molar-refractivity contribution in [1.82, 2.24) is 0 Å². The fraction of sp³-hybridized carbons (Fsp3) is 0.471. The van der Waals surface area contributed by atoms with Crippen molar-refractivity contribution in [2.75, 3.05) is 13.7 Å². The second-order valence-electron chi connectivity index (χ2n) is 11.5. The first kappa shape index (κ1) is 33.7. The van der Waals surface area contributed by atoms with Crippen molar-refractivity contribution >= 4 is 8.32 Å². The Labute approximate surface area is 243 Å². The summed E-state index contributed by atoms with van der Waals surface area (Å²) in [5.74, 6) is 0.796. The highest BCUT2D eigenvalue weighted by Gasteiger charge is 2.45. The van der Waals surface area contributed by atoms with E-state index in [9.17, 15) is 10.2 Å². The monoisotopic (exact) mass is 566 g/mol. The molecule has 0 saturated heterocycles. The first-order valence-electron chi connectivity index (χ1n) is 14.2. The Hall–Kier alpha value is -2.48. The average molecular weight is 567 g/mol. The predicted molar refractivity (Wildman–Crippen MR) is 168 cm³/mol. The van der Waals surface area contributed by atoms with Crippen LogP contribution in [0.25, 0.3) is 0 Å². The summed E-state index contributed by atoms with van der Waals surface area (Å²) in [7, 11) is -0.425. The van der Waals surface area contributed by atoms with Crippen LogP contribution in [0.4, 0.5) is 0 Å². The molecule has 2 aromatic rings. The van der Waals surface area contributed by atoms with Crippen molar-refractivity contribution in [1.29, 1.82) is 0 Å². The zero-order chi connectivity index (χ0) is 30.0. The first-order chi connectivity index (χ1) is 18.9. The molecule has 2 rings (SSSR count). The van der Waals surface area contributed by atoms with E-state index in [0.29, 0.717) is 53.1 Å². The quantitative estimate of drug-likeness (QED) is 0.121. The molecule has 2 aromatic carbocycles.